The van der Waals surface area contributed by atoms with Crippen LogP contribution in [0.4, 0.5) is 17.3 Å². The fraction of sp³-hybridized carbons (Fsp3) is 0.500. The fourth-order valence-corrected chi connectivity index (χ4v) is 2.29. The van der Waals surface area contributed by atoms with E-state index in [9.17, 15) is 9.90 Å². The summed E-state index contributed by atoms with van der Waals surface area (Å²) in [5.74, 6) is 0.591. The van der Waals surface area contributed by atoms with E-state index in [0.29, 0.717) is 43.4 Å². The summed E-state index contributed by atoms with van der Waals surface area (Å²) in [5, 5.41) is 12.7. The maximum Gasteiger partial charge on any atom is 0.240 e. The molecule has 2 unspecified atom stereocenters. The van der Waals surface area contributed by atoms with Crippen molar-refractivity contribution in [3.05, 3.63) is 12.1 Å². The lowest BCUT2D eigenvalue weighted by atomic mass is 10.2. The van der Waals surface area contributed by atoms with Crippen LogP contribution in [0.25, 0.3) is 0 Å². The molecule has 1 aromatic heterocycles. The second-order valence-corrected chi connectivity index (χ2v) is 4.78. The maximum atomic E-state index is 11.4. The molecule has 0 aromatic carbocycles. The van der Waals surface area contributed by atoms with E-state index in [4.69, 9.17) is 17.2 Å². The quantitative estimate of drug-likeness (QED) is 0.439. The van der Waals surface area contributed by atoms with Gasteiger partial charge in [-0.2, -0.15) is 0 Å². The number of nitrogens with one attached hydrogen (secondary N) is 1. The largest absolute Gasteiger partial charge is 0.396 e. The Hall–Kier alpha value is -2.06. The molecular weight excluding hydrogens is 260 g/mol. The molecule has 1 aromatic rings. The molecule has 8 N–H and O–H groups in total. The van der Waals surface area contributed by atoms with Gasteiger partial charge in [-0.3, -0.25) is 4.79 Å². The van der Waals surface area contributed by atoms with Crippen molar-refractivity contribution in [3.63, 3.8) is 0 Å². The zero-order valence-electron chi connectivity index (χ0n) is 11.1. The number of nitrogens with zero attached hydrogens (tertiary/aromatic N) is 2. The first kappa shape index (κ1) is 14.4. The molecule has 0 spiro atoms. The van der Waals surface area contributed by atoms with Gasteiger partial charge in [0.15, 0.2) is 5.82 Å². The van der Waals surface area contributed by atoms with E-state index in [2.05, 4.69) is 10.3 Å². The van der Waals surface area contributed by atoms with Gasteiger partial charge in [-0.1, -0.05) is 0 Å². The minimum absolute atomic E-state index is 0.312. The smallest absolute Gasteiger partial charge is 0.240 e. The van der Waals surface area contributed by atoms with Crippen molar-refractivity contribution in [2.24, 2.45) is 11.5 Å². The van der Waals surface area contributed by atoms with E-state index < -0.39 is 18.1 Å². The third-order valence-electron chi connectivity index (χ3n) is 3.25. The topological polar surface area (TPSA) is 144 Å². The summed E-state index contributed by atoms with van der Waals surface area (Å²) >= 11 is 0. The average Bonchev–Trinajstić information content (AvgIpc) is 2.80. The zero-order chi connectivity index (χ0) is 14.7. The number of carbonyl (C=O) groups is 1. The van der Waals surface area contributed by atoms with Crippen LogP contribution in [0.1, 0.15) is 6.42 Å². The molecule has 8 heteroatoms. The number of anilines is 3. The average molecular weight is 280 g/mol. The number of nitrogen functional groups attached to an aromatic ring is 1. The van der Waals surface area contributed by atoms with E-state index >= 15 is 0 Å². The van der Waals surface area contributed by atoms with Crippen molar-refractivity contribution in [2.45, 2.75) is 18.6 Å². The van der Waals surface area contributed by atoms with Crippen LogP contribution in [0, 0.1) is 0 Å². The number of hydrogen-bond donors (Lipinski definition) is 5. The molecule has 20 heavy (non-hydrogen) atoms. The second-order valence-electron chi connectivity index (χ2n) is 4.78. The Balaban J connectivity index is 2.25. The highest BCUT2D eigenvalue weighted by molar-refractivity contribution is 5.84. The summed E-state index contributed by atoms with van der Waals surface area (Å²) in [6.07, 6.45) is -0.278. The Morgan fingerprint density at radius 3 is 2.95 bits per heavy atom. The molecule has 8 nitrogen and oxygen atoms in total. The summed E-state index contributed by atoms with van der Waals surface area (Å²) in [5.41, 5.74) is 17.1. The van der Waals surface area contributed by atoms with Gasteiger partial charge >= 0.3 is 0 Å². The summed E-state index contributed by atoms with van der Waals surface area (Å²) in [4.78, 5) is 17.5. The number of aliphatic hydroxyl groups excluding tert-OH is 1. The van der Waals surface area contributed by atoms with E-state index in [1.807, 2.05) is 0 Å². The van der Waals surface area contributed by atoms with Crippen molar-refractivity contribution in [3.8, 4) is 0 Å². The highest BCUT2D eigenvalue weighted by Crippen LogP contribution is 2.27. The van der Waals surface area contributed by atoms with Crippen molar-refractivity contribution in [1.82, 2.24) is 4.98 Å². The molecule has 0 aliphatic carbocycles. The van der Waals surface area contributed by atoms with Gasteiger partial charge in [0, 0.05) is 26.1 Å². The number of carbonyl (C=O) groups excluding carboxylic acids is 1. The summed E-state index contributed by atoms with van der Waals surface area (Å²) < 4.78 is 0. The molecule has 0 radical (unpaired) electrons. The molecule has 2 heterocycles. The Morgan fingerprint density at radius 1 is 1.55 bits per heavy atom. The molecule has 110 valence electrons. The van der Waals surface area contributed by atoms with Crippen LogP contribution in [0.15, 0.2) is 12.1 Å². The van der Waals surface area contributed by atoms with Crippen LogP contribution in [-0.2, 0) is 4.79 Å². The van der Waals surface area contributed by atoms with Gasteiger partial charge in [-0.05, 0) is 12.1 Å². The van der Waals surface area contributed by atoms with Crippen LogP contribution < -0.4 is 27.4 Å². The highest BCUT2D eigenvalue weighted by Gasteiger charge is 2.35. The minimum atomic E-state index is -0.590. The molecule has 1 saturated heterocycles. The lowest BCUT2D eigenvalue weighted by molar-refractivity contribution is -0.119. The normalized spacial score (nSPS) is 22.0. The number of hydrogen-bond acceptors (Lipinski definition) is 7. The first-order valence-corrected chi connectivity index (χ1v) is 6.47. The Morgan fingerprint density at radius 2 is 2.30 bits per heavy atom. The third kappa shape index (κ3) is 2.91. The number of β-amino-alcohol motifs (C(OH)–C–C–N with tert-alkyl or cyclic N) is 1. The lowest BCUT2D eigenvalue weighted by Gasteiger charge is -2.23. The van der Waals surface area contributed by atoms with E-state index in [1.165, 1.54) is 0 Å². The molecule has 1 aliphatic heterocycles. The van der Waals surface area contributed by atoms with Crippen LogP contribution in [0.3, 0.4) is 0 Å². The standard InChI is InChI=1S/C12H20N6O2/c13-3-4-16-12-8(14)1-2-10(17-12)18-6-7(19)5-9(18)11(15)20/h1-2,7,9,19H,3-6,13-14H2,(H2,15,20)(H,16,17). The zero-order valence-corrected chi connectivity index (χ0v) is 11.1. The number of rotatable bonds is 5. The van der Waals surface area contributed by atoms with Crippen LogP contribution >= 0.6 is 0 Å². The molecule has 1 aliphatic rings. The van der Waals surface area contributed by atoms with Crippen molar-refractivity contribution in [1.29, 1.82) is 0 Å². The molecule has 1 fully saturated rings. The van der Waals surface area contributed by atoms with Crippen molar-refractivity contribution in [2.75, 3.05) is 35.6 Å². The van der Waals surface area contributed by atoms with Crippen molar-refractivity contribution < 1.29 is 9.90 Å². The monoisotopic (exact) mass is 280 g/mol. The van der Waals surface area contributed by atoms with Gasteiger partial charge in [-0.15, -0.1) is 0 Å². The first-order chi connectivity index (χ1) is 9.52. The predicted molar refractivity (Wildman–Crippen MR) is 77.1 cm³/mol. The van der Waals surface area contributed by atoms with Gasteiger partial charge in [0.1, 0.15) is 11.9 Å². The van der Waals surface area contributed by atoms with E-state index in [0.717, 1.165) is 0 Å². The minimum Gasteiger partial charge on any atom is -0.396 e. The van der Waals surface area contributed by atoms with Gasteiger partial charge in [0.25, 0.3) is 0 Å². The number of aromatic nitrogens is 1. The van der Waals surface area contributed by atoms with Crippen molar-refractivity contribution >= 4 is 23.2 Å². The fourth-order valence-electron chi connectivity index (χ4n) is 2.29. The van der Waals surface area contributed by atoms with Gasteiger partial charge in [0.05, 0.1) is 11.8 Å². The molecule has 2 atom stereocenters. The number of pyridine rings is 1. The predicted octanol–water partition coefficient (Wildman–Crippen LogP) is -1.54. The summed E-state index contributed by atoms with van der Waals surface area (Å²) in [6.45, 7) is 1.32. The lowest BCUT2D eigenvalue weighted by Crippen LogP contribution is -2.40. The molecular formula is C12H20N6O2. The Labute approximate surface area is 116 Å². The van der Waals surface area contributed by atoms with Crippen LogP contribution in [0.2, 0.25) is 0 Å². The molecule has 2 rings (SSSR count). The van der Waals surface area contributed by atoms with Gasteiger partial charge < -0.3 is 32.5 Å². The first-order valence-electron chi connectivity index (χ1n) is 6.47. The summed E-state index contributed by atoms with van der Waals surface area (Å²) in [7, 11) is 0. The third-order valence-corrected chi connectivity index (χ3v) is 3.25. The maximum absolute atomic E-state index is 11.4. The number of primary amides is 1. The summed E-state index contributed by atoms with van der Waals surface area (Å²) in [6, 6.07) is 2.85. The molecule has 0 bridgehead atoms. The number of amides is 1. The van der Waals surface area contributed by atoms with E-state index in [1.54, 1.807) is 17.0 Å². The van der Waals surface area contributed by atoms with Gasteiger partial charge in [-0.25, -0.2) is 4.98 Å². The van der Waals surface area contributed by atoms with Crippen LogP contribution in [-0.4, -0.2) is 47.8 Å². The number of nitrogens with two attached hydrogens (primary N) is 3. The molecule has 1 amide bonds. The van der Waals surface area contributed by atoms with Gasteiger partial charge in [0.2, 0.25) is 5.91 Å². The van der Waals surface area contributed by atoms with E-state index in [-0.39, 0.29) is 0 Å². The molecule has 0 saturated carbocycles. The second kappa shape index (κ2) is 5.93. The Kier molecular flexibility index (Phi) is 4.26. The number of aliphatic hydroxyl groups is 1. The SMILES string of the molecule is NCCNc1nc(N2CC(O)CC2C(N)=O)ccc1N. The van der Waals surface area contributed by atoms with Crippen LogP contribution in [0.5, 0.6) is 0 Å². The highest BCUT2D eigenvalue weighted by atomic mass is 16.3. The Bertz CT molecular complexity index is 495.